The van der Waals surface area contributed by atoms with E-state index in [0.717, 1.165) is 10.0 Å². The average Bonchev–Trinajstić information content (AvgIpc) is 2.34. The van der Waals surface area contributed by atoms with Gasteiger partial charge in [0.15, 0.2) is 0 Å². The molecule has 0 aromatic heterocycles. The highest BCUT2D eigenvalue weighted by atomic mass is 79.9. The minimum absolute atomic E-state index is 0.0714. The fourth-order valence-electron chi connectivity index (χ4n) is 1.76. The predicted octanol–water partition coefficient (Wildman–Crippen LogP) is 3.52. The van der Waals surface area contributed by atoms with Crippen LogP contribution in [0.3, 0.4) is 0 Å². The van der Waals surface area contributed by atoms with Crippen molar-refractivity contribution >= 4 is 33.6 Å². The van der Waals surface area contributed by atoms with Gasteiger partial charge in [-0.3, -0.25) is 4.79 Å². The second kappa shape index (κ2) is 7.89. The van der Waals surface area contributed by atoms with Gasteiger partial charge < -0.3 is 15.7 Å². The monoisotopic (exact) mass is 342 g/mol. The highest BCUT2D eigenvalue weighted by Crippen LogP contribution is 2.25. The molecule has 1 aromatic carbocycles. The molecule has 1 atom stereocenters. The summed E-state index contributed by atoms with van der Waals surface area (Å²) in [4.78, 5) is 22.2. The lowest BCUT2D eigenvalue weighted by Crippen LogP contribution is -2.36. The quantitative estimate of drug-likeness (QED) is 0.739. The van der Waals surface area contributed by atoms with Crippen molar-refractivity contribution in [3.63, 3.8) is 0 Å². The zero-order valence-electron chi connectivity index (χ0n) is 11.6. The van der Waals surface area contributed by atoms with Crippen molar-refractivity contribution in [2.75, 3.05) is 5.32 Å². The van der Waals surface area contributed by atoms with Crippen molar-refractivity contribution in [1.29, 1.82) is 0 Å². The smallest absolute Gasteiger partial charge is 0.319 e. The molecule has 0 bridgehead atoms. The molecule has 0 aliphatic heterocycles. The van der Waals surface area contributed by atoms with Crippen LogP contribution in [-0.2, 0) is 4.79 Å². The van der Waals surface area contributed by atoms with E-state index in [0.29, 0.717) is 18.5 Å². The second-order valence-corrected chi connectivity index (χ2v) is 5.51. The van der Waals surface area contributed by atoms with Crippen molar-refractivity contribution in [2.45, 2.75) is 39.2 Å². The van der Waals surface area contributed by atoms with Gasteiger partial charge in [-0.1, -0.05) is 12.1 Å². The summed E-state index contributed by atoms with van der Waals surface area (Å²) in [7, 11) is 0. The molecule has 5 nitrogen and oxygen atoms in total. The summed E-state index contributed by atoms with van der Waals surface area (Å²) in [6, 6.07) is 5.26. The SMILES string of the molecule is Cc1cccc(NC(=O)NC(C)CCCC(=O)O)c1Br. The lowest BCUT2D eigenvalue weighted by Gasteiger charge is -2.15. The summed E-state index contributed by atoms with van der Waals surface area (Å²) >= 11 is 3.43. The lowest BCUT2D eigenvalue weighted by molar-refractivity contribution is -0.137. The molecule has 0 radical (unpaired) electrons. The Labute approximate surface area is 126 Å². The predicted molar refractivity (Wildman–Crippen MR) is 82.0 cm³/mol. The van der Waals surface area contributed by atoms with Crippen molar-refractivity contribution in [1.82, 2.24) is 5.32 Å². The number of carboxylic acid groups (broad SMARTS) is 1. The van der Waals surface area contributed by atoms with Gasteiger partial charge in [-0.2, -0.15) is 0 Å². The van der Waals surface area contributed by atoms with Crippen LogP contribution in [-0.4, -0.2) is 23.1 Å². The lowest BCUT2D eigenvalue weighted by atomic mass is 10.1. The third-order valence-electron chi connectivity index (χ3n) is 2.85. The summed E-state index contributed by atoms with van der Waals surface area (Å²) < 4.78 is 0.855. The number of halogens is 1. The molecule has 20 heavy (non-hydrogen) atoms. The average molecular weight is 343 g/mol. The largest absolute Gasteiger partial charge is 0.481 e. The van der Waals surface area contributed by atoms with E-state index in [9.17, 15) is 9.59 Å². The Morgan fingerprint density at radius 2 is 2.10 bits per heavy atom. The molecule has 0 aliphatic carbocycles. The van der Waals surface area contributed by atoms with Gasteiger partial charge in [0.2, 0.25) is 0 Å². The van der Waals surface area contributed by atoms with E-state index in [1.807, 2.05) is 32.0 Å². The minimum atomic E-state index is -0.814. The van der Waals surface area contributed by atoms with E-state index < -0.39 is 5.97 Å². The number of hydrogen-bond donors (Lipinski definition) is 3. The van der Waals surface area contributed by atoms with Gasteiger partial charge in [0.05, 0.1) is 5.69 Å². The number of benzene rings is 1. The van der Waals surface area contributed by atoms with Crippen LogP contribution in [0.1, 0.15) is 31.7 Å². The number of amides is 2. The van der Waals surface area contributed by atoms with E-state index in [1.165, 1.54) is 0 Å². The Balaban J connectivity index is 2.43. The summed E-state index contributed by atoms with van der Waals surface area (Å²) in [5, 5.41) is 14.1. The van der Waals surface area contributed by atoms with Crippen LogP contribution in [0.4, 0.5) is 10.5 Å². The van der Waals surface area contributed by atoms with Gasteiger partial charge in [0, 0.05) is 16.9 Å². The maximum Gasteiger partial charge on any atom is 0.319 e. The molecular weight excluding hydrogens is 324 g/mol. The van der Waals surface area contributed by atoms with Gasteiger partial charge in [0.25, 0.3) is 0 Å². The number of rotatable bonds is 6. The first kappa shape index (κ1) is 16.5. The second-order valence-electron chi connectivity index (χ2n) is 4.72. The van der Waals surface area contributed by atoms with Crippen molar-refractivity contribution in [3.8, 4) is 0 Å². The van der Waals surface area contributed by atoms with Crippen LogP contribution >= 0.6 is 15.9 Å². The van der Waals surface area contributed by atoms with Gasteiger partial charge in [0.1, 0.15) is 0 Å². The molecule has 2 amide bonds. The first-order chi connectivity index (χ1) is 9.40. The number of urea groups is 1. The van der Waals surface area contributed by atoms with E-state index in [1.54, 1.807) is 0 Å². The third-order valence-corrected chi connectivity index (χ3v) is 3.90. The Morgan fingerprint density at radius 1 is 1.40 bits per heavy atom. The molecule has 0 spiro atoms. The van der Waals surface area contributed by atoms with E-state index in [-0.39, 0.29) is 18.5 Å². The van der Waals surface area contributed by atoms with E-state index >= 15 is 0 Å². The highest BCUT2D eigenvalue weighted by Gasteiger charge is 2.10. The van der Waals surface area contributed by atoms with Crippen molar-refractivity contribution in [2.24, 2.45) is 0 Å². The molecule has 3 N–H and O–H groups in total. The molecule has 0 aliphatic rings. The van der Waals surface area contributed by atoms with Crippen LogP contribution in [0.15, 0.2) is 22.7 Å². The zero-order chi connectivity index (χ0) is 15.1. The van der Waals surface area contributed by atoms with E-state index in [2.05, 4.69) is 26.6 Å². The van der Waals surface area contributed by atoms with Crippen LogP contribution in [0, 0.1) is 6.92 Å². The maximum atomic E-state index is 11.8. The Bertz CT molecular complexity index is 491. The number of carboxylic acids is 1. The summed E-state index contributed by atoms with van der Waals surface area (Å²) in [6.07, 6.45) is 1.30. The van der Waals surface area contributed by atoms with Crippen LogP contribution in [0.5, 0.6) is 0 Å². The number of aryl methyl sites for hydroxylation is 1. The number of nitrogens with one attached hydrogen (secondary N) is 2. The standard InChI is InChI=1S/C14H19BrN2O3/c1-9-5-3-7-11(13(9)15)17-14(20)16-10(2)6-4-8-12(18)19/h3,5,7,10H,4,6,8H2,1-2H3,(H,18,19)(H2,16,17,20). The van der Waals surface area contributed by atoms with Crippen molar-refractivity contribution < 1.29 is 14.7 Å². The molecule has 1 rings (SSSR count). The highest BCUT2D eigenvalue weighted by molar-refractivity contribution is 9.10. The first-order valence-electron chi connectivity index (χ1n) is 6.44. The van der Waals surface area contributed by atoms with Crippen LogP contribution in [0.2, 0.25) is 0 Å². The molecule has 0 saturated carbocycles. The summed E-state index contributed by atoms with van der Waals surface area (Å²) in [5.74, 6) is -0.814. The molecule has 6 heteroatoms. The molecule has 0 saturated heterocycles. The molecular formula is C14H19BrN2O3. The van der Waals surface area contributed by atoms with Crippen molar-refractivity contribution in [3.05, 3.63) is 28.2 Å². The van der Waals surface area contributed by atoms with Crippen LogP contribution in [0.25, 0.3) is 0 Å². The fourth-order valence-corrected chi connectivity index (χ4v) is 2.12. The van der Waals surface area contributed by atoms with Gasteiger partial charge in [-0.15, -0.1) is 0 Å². The topological polar surface area (TPSA) is 78.4 Å². The number of anilines is 1. The third kappa shape index (κ3) is 5.61. The number of hydrogen-bond acceptors (Lipinski definition) is 2. The molecule has 1 unspecified atom stereocenters. The van der Waals surface area contributed by atoms with Gasteiger partial charge in [-0.05, 0) is 54.2 Å². The Hall–Kier alpha value is -1.56. The van der Waals surface area contributed by atoms with Gasteiger partial charge >= 0.3 is 12.0 Å². The first-order valence-corrected chi connectivity index (χ1v) is 7.24. The Morgan fingerprint density at radius 3 is 2.75 bits per heavy atom. The zero-order valence-corrected chi connectivity index (χ0v) is 13.2. The summed E-state index contributed by atoms with van der Waals surface area (Å²) in [5.41, 5.74) is 1.75. The molecule has 1 aromatic rings. The fraction of sp³-hybridized carbons (Fsp3) is 0.429. The molecule has 110 valence electrons. The Kier molecular flexibility index (Phi) is 6.51. The van der Waals surface area contributed by atoms with Crippen LogP contribution < -0.4 is 10.6 Å². The number of carbonyl (C=O) groups excluding carboxylic acids is 1. The normalized spacial score (nSPS) is 11.8. The van der Waals surface area contributed by atoms with E-state index in [4.69, 9.17) is 5.11 Å². The maximum absolute atomic E-state index is 11.8. The molecule has 0 fully saturated rings. The summed E-state index contributed by atoms with van der Waals surface area (Å²) in [6.45, 7) is 3.80. The number of carbonyl (C=O) groups is 2. The van der Waals surface area contributed by atoms with Gasteiger partial charge in [-0.25, -0.2) is 4.79 Å². The number of aliphatic carboxylic acids is 1. The minimum Gasteiger partial charge on any atom is -0.481 e. The molecule has 0 heterocycles.